The lowest BCUT2D eigenvalue weighted by atomic mass is 9.82. The number of halogens is 1. The van der Waals surface area contributed by atoms with Crippen molar-refractivity contribution in [2.45, 2.75) is 116 Å². The van der Waals surface area contributed by atoms with Gasteiger partial charge in [-0.1, -0.05) is 115 Å². The summed E-state index contributed by atoms with van der Waals surface area (Å²) in [4.78, 5) is 37.5. The predicted molar refractivity (Wildman–Crippen MR) is 155 cm³/mol. The highest BCUT2D eigenvalue weighted by molar-refractivity contribution is 5.92. The predicted octanol–water partition coefficient (Wildman–Crippen LogP) is 8.60. The van der Waals surface area contributed by atoms with E-state index in [9.17, 15) is 19.5 Å². The van der Waals surface area contributed by atoms with Gasteiger partial charge in [-0.25, -0.2) is 9.18 Å². The first kappa shape index (κ1) is 33.2. The van der Waals surface area contributed by atoms with Gasteiger partial charge in [0.05, 0.1) is 18.1 Å². The number of carboxylic acids is 1. The number of rotatable bonds is 20. The van der Waals surface area contributed by atoms with Gasteiger partial charge in [-0.2, -0.15) is 0 Å². The fraction of sp³-hybridized carbons (Fsp3) is 0.606. The molecule has 0 heterocycles. The summed E-state index contributed by atoms with van der Waals surface area (Å²) >= 11 is 0. The Morgan fingerprint density at radius 2 is 1.43 bits per heavy atom. The maximum Gasteiger partial charge on any atom is 0.338 e. The molecule has 40 heavy (non-hydrogen) atoms. The lowest BCUT2D eigenvalue weighted by Crippen LogP contribution is -2.36. The monoisotopic (exact) mass is 558 g/mol. The molecule has 1 aromatic rings. The molecule has 1 aromatic carbocycles. The van der Waals surface area contributed by atoms with Gasteiger partial charge in [0.2, 0.25) is 5.60 Å². The molecule has 0 bridgehead atoms. The average molecular weight is 559 g/mol. The third-order valence-electron chi connectivity index (χ3n) is 7.29. The molecule has 0 saturated carbocycles. The van der Waals surface area contributed by atoms with Crippen molar-refractivity contribution in [2.75, 3.05) is 6.61 Å². The van der Waals surface area contributed by atoms with Crippen molar-refractivity contribution in [3.63, 3.8) is 0 Å². The molecule has 2 atom stereocenters. The molecule has 0 aliphatic heterocycles. The number of ether oxygens (including phenoxy) is 2. The minimum atomic E-state index is -2.03. The molecule has 222 valence electrons. The van der Waals surface area contributed by atoms with E-state index in [1.54, 1.807) is 12.1 Å². The van der Waals surface area contributed by atoms with E-state index in [0.717, 1.165) is 57.4 Å². The molecule has 0 fully saturated rings. The molecule has 2 rings (SSSR count). The van der Waals surface area contributed by atoms with E-state index >= 15 is 4.39 Å². The second-order valence-corrected chi connectivity index (χ2v) is 10.6. The van der Waals surface area contributed by atoms with Crippen molar-refractivity contribution in [3.05, 3.63) is 59.4 Å². The number of hydrogen-bond donors (Lipinski definition) is 1. The van der Waals surface area contributed by atoms with E-state index in [-0.39, 0.29) is 24.2 Å². The van der Waals surface area contributed by atoms with E-state index in [0.29, 0.717) is 6.42 Å². The number of carboxylic acid groups (broad SMARTS) is 1. The lowest BCUT2D eigenvalue weighted by Gasteiger charge is -2.33. The van der Waals surface area contributed by atoms with Gasteiger partial charge in [0.25, 0.3) is 0 Å². The van der Waals surface area contributed by atoms with Gasteiger partial charge in [0.1, 0.15) is 5.83 Å². The largest absolute Gasteiger partial charge is 0.481 e. The van der Waals surface area contributed by atoms with Crippen LogP contribution in [0, 0.1) is 5.92 Å². The SMILES string of the molecule is CCCCCCCCCOC(=O)c1ccccc1C1(OC(=O)CCCCCCCCC)C=CC(C(=O)O)C=C1F. The van der Waals surface area contributed by atoms with Crippen LogP contribution >= 0.6 is 0 Å². The van der Waals surface area contributed by atoms with Crippen LogP contribution in [0.2, 0.25) is 0 Å². The van der Waals surface area contributed by atoms with Gasteiger partial charge in [0.15, 0.2) is 0 Å². The average Bonchev–Trinajstić information content (AvgIpc) is 2.95. The van der Waals surface area contributed by atoms with Crippen molar-refractivity contribution in [1.82, 2.24) is 0 Å². The van der Waals surface area contributed by atoms with Crippen molar-refractivity contribution < 1.29 is 33.4 Å². The summed E-state index contributed by atoms with van der Waals surface area (Å²) < 4.78 is 27.0. The first-order valence-electron chi connectivity index (χ1n) is 15.1. The minimum absolute atomic E-state index is 0.0798. The molecule has 0 radical (unpaired) electrons. The molecule has 1 aliphatic rings. The van der Waals surface area contributed by atoms with Gasteiger partial charge in [-0.05, 0) is 31.1 Å². The van der Waals surface area contributed by atoms with Crippen molar-refractivity contribution >= 4 is 17.9 Å². The topological polar surface area (TPSA) is 89.9 Å². The molecule has 6 nitrogen and oxygen atoms in total. The third kappa shape index (κ3) is 10.5. The summed E-state index contributed by atoms with van der Waals surface area (Å²) in [6.45, 7) is 4.57. The normalized spacial score (nSPS) is 18.3. The summed E-state index contributed by atoms with van der Waals surface area (Å²) in [6.07, 6.45) is 18.2. The highest BCUT2D eigenvalue weighted by Gasteiger charge is 2.44. The smallest absolute Gasteiger partial charge is 0.338 e. The Morgan fingerprint density at radius 1 is 0.850 bits per heavy atom. The van der Waals surface area contributed by atoms with Crippen LogP contribution < -0.4 is 0 Å². The van der Waals surface area contributed by atoms with Gasteiger partial charge >= 0.3 is 17.9 Å². The summed E-state index contributed by atoms with van der Waals surface area (Å²) in [6, 6.07) is 6.29. The number of aliphatic carboxylic acids is 1. The second-order valence-electron chi connectivity index (χ2n) is 10.6. The minimum Gasteiger partial charge on any atom is -0.481 e. The Hall–Kier alpha value is -2.96. The number of benzene rings is 1. The summed E-state index contributed by atoms with van der Waals surface area (Å²) in [7, 11) is 0. The Bertz CT molecular complexity index is 1000. The number of carbonyl (C=O) groups excluding carboxylic acids is 2. The van der Waals surface area contributed by atoms with Crippen molar-refractivity contribution in [1.29, 1.82) is 0 Å². The van der Waals surface area contributed by atoms with Crippen LogP contribution in [-0.4, -0.2) is 29.6 Å². The number of esters is 2. The third-order valence-corrected chi connectivity index (χ3v) is 7.29. The van der Waals surface area contributed by atoms with Crippen LogP contribution in [-0.2, 0) is 24.7 Å². The molecule has 0 aromatic heterocycles. The fourth-order valence-corrected chi connectivity index (χ4v) is 4.91. The quantitative estimate of drug-likeness (QED) is 0.0979. The van der Waals surface area contributed by atoms with E-state index in [1.165, 1.54) is 56.4 Å². The van der Waals surface area contributed by atoms with Gasteiger partial charge in [0, 0.05) is 12.0 Å². The van der Waals surface area contributed by atoms with E-state index in [2.05, 4.69) is 13.8 Å². The molecule has 1 N–H and O–H groups in total. The zero-order valence-corrected chi connectivity index (χ0v) is 24.3. The molecule has 2 unspecified atom stereocenters. The van der Waals surface area contributed by atoms with Crippen LogP contribution in [0.3, 0.4) is 0 Å². The first-order valence-corrected chi connectivity index (χ1v) is 15.1. The summed E-state index contributed by atoms with van der Waals surface area (Å²) in [5.74, 6) is -4.61. The lowest BCUT2D eigenvalue weighted by molar-refractivity contribution is -0.155. The fourth-order valence-electron chi connectivity index (χ4n) is 4.91. The molecule has 0 amide bonds. The Morgan fingerprint density at radius 3 is 2.02 bits per heavy atom. The van der Waals surface area contributed by atoms with Crippen molar-refractivity contribution in [2.24, 2.45) is 5.92 Å². The van der Waals surface area contributed by atoms with Gasteiger partial charge in [-0.3, -0.25) is 9.59 Å². The van der Waals surface area contributed by atoms with Crippen molar-refractivity contribution in [3.8, 4) is 0 Å². The zero-order chi connectivity index (χ0) is 29.2. The van der Waals surface area contributed by atoms with Crippen LogP contribution in [0.4, 0.5) is 4.39 Å². The number of hydrogen-bond acceptors (Lipinski definition) is 5. The van der Waals surface area contributed by atoms with E-state index in [4.69, 9.17) is 9.47 Å². The van der Waals surface area contributed by atoms with E-state index < -0.39 is 35.3 Å². The summed E-state index contributed by atoms with van der Waals surface area (Å²) in [5.41, 5.74) is -1.84. The summed E-state index contributed by atoms with van der Waals surface area (Å²) in [5, 5.41) is 9.40. The van der Waals surface area contributed by atoms with Gasteiger partial charge < -0.3 is 14.6 Å². The standard InChI is InChI=1S/C33H47FO6/c1-3-5-7-9-11-13-15-21-30(35)40-33(23-22-26(31(36)37)25-29(33)34)28-20-17-16-19-27(28)32(38)39-24-18-14-12-10-8-6-4-2/h16-17,19-20,22-23,25-26H,3-15,18,21,24H2,1-2H3,(H,36,37). The molecular weight excluding hydrogens is 511 g/mol. The Balaban J connectivity index is 2.13. The second kappa shape index (κ2) is 18.4. The highest BCUT2D eigenvalue weighted by atomic mass is 19.1. The van der Waals surface area contributed by atoms with Gasteiger partial charge in [-0.15, -0.1) is 0 Å². The Kier molecular flexibility index (Phi) is 15.3. The zero-order valence-electron chi connectivity index (χ0n) is 24.3. The molecule has 0 saturated heterocycles. The van der Waals surface area contributed by atoms with E-state index in [1.807, 2.05) is 0 Å². The molecule has 7 heteroatoms. The maximum absolute atomic E-state index is 15.8. The molecule has 0 spiro atoms. The number of carbonyl (C=O) groups is 3. The number of unbranched alkanes of at least 4 members (excludes halogenated alkanes) is 12. The van der Waals surface area contributed by atoms with Crippen LogP contribution in [0.5, 0.6) is 0 Å². The highest BCUT2D eigenvalue weighted by Crippen LogP contribution is 2.42. The van der Waals surface area contributed by atoms with Crippen LogP contribution in [0.1, 0.15) is 126 Å². The maximum atomic E-state index is 15.8. The Labute approximate surface area is 239 Å². The first-order chi connectivity index (χ1) is 19.4. The van der Waals surface area contributed by atoms with Crippen LogP contribution in [0.15, 0.2) is 48.3 Å². The molecular formula is C33H47FO6. The molecule has 1 aliphatic carbocycles. The van der Waals surface area contributed by atoms with Crippen LogP contribution in [0.25, 0.3) is 0 Å².